The fourth-order valence-electron chi connectivity index (χ4n) is 2.72. The Hall–Kier alpha value is -1.13. The quantitative estimate of drug-likeness (QED) is 0.906. The summed E-state index contributed by atoms with van der Waals surface area (Å²) in [7, 11) is 0. The van der Waals surface area contributed by atoms with Crippen molar-refractivity contribution in [1.29, 1.82) is 0 Å². The van der Waals surface area contributed by atoms with E-state index in [1.807, 2.05) is 6.07 Å². The molecule has 0 aromatic heterocycles. The molecule has 0 aliphatic carbocycles. The van der Waals surface area contributed by atoms with E-state index in [0.29, 0.717) is 18.3 Å². The number of piperazine rings is 1. The summed E-state index contributed by atoms with van der Waals surface area (Å²) in [5.74, 6) is -0.153. The Morgan fingerprint density at radius 3 is 2.53 bits per heavy atom. The molecule has 0 spiro atoms. The molecule has 1 aliphatic rings. The number of hydrogen-bond donors (Lipinski definition) is 1. The number of benzene rings is 1. The molecule has 1 aromatic carbocycles. The molecule has 2 N–H and O–H groups in total. The number of nitrogens with two attached hydrogens (primary N) is 1. The van der Waals surface area contributed by atoms with Crippen molar-refractivity contribution < 1.29 is 4.39 Å². The van der Waals surface area contributed by atoms with Gasteiger partial charge in [0.1, 0.15) is 5.82 Å². The van der Waals surface area contributed by atoms with Gasteiger partial charge < -0.3 is 10.6 Å². The van der Waals surface area contributed by atoms with Gasteiger partial charge in [-0.25, -0.2) is 4.39 Å². The van der Waals surface area contributed by atoms with Gasteiger partial charge in [-0.3, -0.25) is 4.90 Å². The second-order valence-electron chi connectivity index (χ2n) is 5.23. The van der Waals surface area contributed by atoms with Crippen molar-refractivity contribution in [1.82, 2.24) is 4.90 Å². The molecule has 19 heavy (non-hydrogen) atoms. The molecule has 4 heteroatoms. The number of rotatable bonds is 4. The van der Waals surface area contributed by atoms with Crippen LogP contribution in [0.1, 0.15) is 25.8 Å². The first-order valence-electron chi connectivity index (χ1n) is 7.13. The van der Waals surface area contributed by atoms with Crippen molar-refractivity contribution in [3.8, 4) is 0 Å². The van der Waals surface area contributed by atoms with Gasteiger partial charge in [-0.2, -0.15) is 0 Å². The van der Waals surface area contributed by atoms with Crippen molar-refractivity contribution in [3.63, 3.8) is 0 Å². The summed E-state index contributed by atoms with van der Waals surface area (Å²) in [6.07, 6.45) is 1.16. The second-order valence-corrected chi connectivity index (χ2v) is 5.23. The van der Waals surface area contributed by atoms with Crippen LogP contribution in [-0.4, -0.2) is 37.1 Å². The monoisotopic (exact) mass is 265 g/mol. The topological polar surface area (TPSA) is 32.5 Å². The number of para-hydroxylation sites is 1. The van der Waals surface area contributed by atoms with E-state index in [9.17, 15) is 4.39 Å². The summed E-state index contributed by atoms with van der Waals surface area (Å²) in [6, 6.07) is 5.78. The Balaban J connectivity index is 2.09. The highest BCUT2D eigenvalue weighted by molar-refractivity contribution is 5.55. The standard InChI is InChI=1S/C15H24FN3/c1-3-12(2)18-7-9-19(10-8-18)15-13(11-17)5-4-6-14(15)16/h4-6,12H,3,7-11,17H2,1-2H3. The molecule has 0 amide bonds. The Bertz CT molecular complexity index is 414. The molecule has 1 aromatic rings. The molecular formula is C15H24FN3. The van der Waals surface area contributed by atoms with Crippen LogP contribution in [0.4, 0.5) is 10.1 Å². The molecule has 1 heterocycles. The molecule has 2 rings (SSSR count). The maximum Gasteiger partial charge on any atom is 0.146 e. The minimum atomic E-state index is -0.153. The number of halogens is 1. The molecule has 1 fully saturated rings. The molecule has 1 saturated heterocycles. The number of hydrogen-bond acceptors (Lipinski definition) is 3. The van der Waals surface area contributed by atoms with Crippen LogP contribution < -0.4 is 10.6 Å². The van der Waals surface area contributed by atoms with E-state index in [1.54, 1.807) is 6.07 Å². The summed E-state index contributed by atoms with van der Waals surface area (Å²) >= 11 is 0. The van der Waals surface area contributed by atoms with Gasteiger partial charge >= 0.3 is 0 Å². The normalized spacial score (nSPS) is 18.6. The molecular weight excluding hydrogens is 241 g/mol. The third-order valence-corrected chi connectivity index (χ3v) is 4.13. The molecule has 1 aliphatic heterocycles. The van der Waals surface area contributed by atoms with E-state index in [4.69, 9.17) is 5.73 Å². The summed E-state index contributed by atoms with van der Waals surface area (Å²) < 4.78 is 14.0. The number of nitrogens with zero attached hydrogens (tertiary/aromatic N) is 2. The van der Waals surface area contributed by atoms with E-state index in [0.717, 1.165) is 38.2 Å². The third kappa shape index (κ3) is 3.07. The first kappa shape index (κ1) is 14.3. The maximum atomic E-state index is 14.0. The van der Waals surface area contributed by atoms with Crippen LogP contribution in [0.25, 0.3) is 0 Å². The molecule has 106 valence electrons. The maximum absolute atomic E-state index is 14.0. The first-order chi connectivity index (χ1) is 9.17. The zero-order chi connectivity index (χ0) is 13.8. The lowest BCUT2D eigenvalue weighted by Crippen LogP contribution is -2.50. The lowest BCUT2D eigenvalue weighted by Gasteiger charge is -2.39. The minimum absolute atomic E-state index is 0.153. The van der Waals surface area contributed by atoms with Crippen LogP contribution in [0.5, 0.6) is 0 Å². The Morgan fingerprint density at radius 1 is 1.26 bits per heavy atom. The summed E-state index contributed by atoms with van der Waals surface area (Å²) in [5.41, 5.74) is 7.32. The van der Waals surface area contributed by atoms with Crippen LogP contribution in [0.2, 0.25) is 0 Å². The summed E-state index contributed by atoms with van der Waals surface area (Å²) in [6.45, 7) is 8.58. The lowest BCUT2D eigenvalue weighted by molar-refractivity contribution is 0.192. The fourth-order valence-corrected chi connectivity index (χ4v) is 2.72. The zero-order valence-electron chi connectivity index (χ0n) is 11.9. The largest absolute Gasteiger partial charge is 0.366 e. The van der Waals surface area contributed by atoms with Crippen molar-refractivity contribution >= 4 is 5.69 Å². The SMILES string of the molecule is CCC(C)N1CCN(c2c(F)cccc2CN)CC1. The van der Waals surface area contributed by atoms with Gasteiger partial charge in [0.25, 0.3) is 0 Å². The Labute approximate surface area is 115 Å². The van der Waals surface area contributed by atoms with Crippen molar-refractivity contribution in [3.05, 3.63) is 29.6 Å². The molecule has 0 radical (unpaired) electrons. The van der Waals surface area contributed by atoms with Crippen LogP contribution in [0, 0.1) is 5.82 Å². The van der Waals surface area contributed by atoms with Crippen LogP contribution in [-0.2, 0) is 6.54 Å². The first-order valence-corrected chi connectivity index (χ1v) is 7.13. The van der Waals surface area contributed by atoms with Crippen molar-refractivity contribution in [2.75, 3.05) is 31.1 Å². The van der Waals surface area contributed by atoms with E-state index in [1.165, 1.54) is 6.07 Å². The average molecular weight is 265 g/mol. The van der Waals surface area contributed by atoms with Gasteiger partial charge in [0.2, 0.25) is 0 Å². The van der Waals surface area contributed by atoms with E-state index in [2.05, 4.69) is 23.6 Å². The van der Waals surface area contributed by atoms with Crippen LogP contribution in [0.15, 0.2) is 18.2 Å². The highest BCUT2D eigenvalue weighted by Crippen LogP contribution is 2.25. The predicted octanol–water partition coefficient (Wildman–Crippen LogP) is 2.20. The molecule has 0 saturated carbocycles. The van der Waals surface area contributed by atoms with Gasteiger partial charge in [-0.1, -0.05) is 19.1 Å². The van der Waals surface area contributed by atoms with Gasteiger partial charge in [0, 0.05) is 38.8 Å². The van der Waals surface area contributed by atoms with E-state index >= 15 is 0 Å². The average Bonchev–Trinajstić information content (AvgIpc) is 2.46. The van der Waals surface area contributed by atoms with Gasteiger partial charge in [0.15, 0.2) is 0 Å². The third-order valence-electron chi connectivity index (χ3n) is 4.13. The molecule has 1 atom stereocenters. The molecule has 3 nitrogen and oxygen atoms in total. The summed E-state index contributed by atoms with van der Waals surface area (Å²) in [4.78, 5) is 4.61. The molecule has 1 unspecified atom stereocenters. The van der Waals surface area contributed by atoms with Gasteiger partial charge in [-0.15, -0.1) is 0 Å². The zero-order valence-corrected chi connectivity index (χ0v) is 11.9. The van der Waals surface area contributed by atoms with Gasteiger partial charge in [0.05, 0.1) is 5.69 Å². The lowest BCUT2D eigenvalue weighted by atomic mass is 10.1. The van der Waals surface area contributed by atoms with E-state index in [-0.39, 0.29) is 5.82 Å². The smallest absolute Gasteiger partial charge is 0.146 e. The van der Waals surface area contributed by atoms with Crippen molar-refractivity contribution in [2.24, 2.45) is 5.73 Å². The van der Waals surface area contributed by atoms with E-state index < -0.39 is 0 Å². The second kappa shape index (κ2) is 6.35. The summed E-state index contributed by atoms with van der Waals surface area (Å²) in [5, 5.41) is 0. The predicted molar refractivity (Wildman–Crippen MR) is 77.8 cm³/mol. The van der Waals surface area contributed by atoms with Gasteiger partial charge in [-0.05, 0) is 25.0 Å². The Kier molecular flexibility index (Phi) is 4.77. The fraction of sp³-hybridized carbons (Fsp3) is 0.600. The van der Waals surface area contributed by atoms with Crippen LogP contribution >= 0.6 is 0 Å². The van der Waals surface area contributed by atoms with Crippen LogP contribution in [0.3, 0.4) is 0 Å². The van der Waals surface area contributed by atoms with Crippen molar-refractivity contribution in [2.45, 2.75) is 32.9 Å². The number of anilines is 1. The Morgan fingerprint density at radius 2 is 1.95 bits per heavy atom. The molecule has 0 bridgehead atoms. The minimum Gasteiger partial charge on any atom is -0.366 e. The highest BCUT2D eigenvalue weighted by Gasteiger charge is 2.23. The highest BCUT2D eigenvalue weighted by atomic mass is 19.1.